The molecule has 0 fully saturated rings. The smallest absolute Gasteiger partial charge is 0.241 e. The topological polar surface area (TPSA) is 84.5 Å². The lowest BCUT2D eigenvalue weighted by Gasteiger charge is -2.13. The normalized spacial score (nSPS) is 11.2. The van der Waals surface area contributed by atoms with Gasteiger partial charge in [-0.05, 0) is 44.0 Å². The molecular weight excluding hydrogens is 352 g/mol. The van der Waals surface area contributed by atoms with Gasteiger partial charge >= 0.3 is 0 Å². The number of benzene rings is 2. The molecule has 0 aliphatic rings. The van der Waals surface area contributed by atoms with Crippen LogP contribution in [0.25, 0.3) is 0 Å². The number of nitrogens with one attached hydrogen (secondary N) is 2. The minimum atomic E-state index is -3.67. The third-order valence-electron chi connectivity index (χ3n) is 3.87. The number of carbonyl (C=O) groups excluding carboxylic acids is 1. The molecule has 2 aromatic carbocycles. The van der Waals surface area contributed by atoms with E-state index in [-0.39, 0.29) is 23.8 Å². The predicted molar refractivity (Wildman–Crippen MR) is 102 cm³/mol. The largest absolute Gasteiger partial charge is 0.497 e. The molecular formula is C19H24N2O4S. The van der Waals surface area contributed by atoms with E-state index in [1.54, 1.807) is 45.2 Å². The summed E-state index contributed by atoms with van der Waals surface area (Å²) in [5.41, 5.74) is 2.99. The predicted octanol–water partition coefficient (Wildman–Crippen LogP) is 2.93. The summed E-state index contributed by atoms with van der Waals surface area (Å²) in [7, 11) is -2.12. The Balaban J connectivity index is 1.97. The number of carbonyl (C=O) groups is 1. The second-order valence-electron chi connectivity index (χ2n) is 6.16. The highest BCUT2D eigenvalue weighted by Crippen LogP contribution is 2.21. The Kier molecular flexibility index (Phi) is 6.39. The molecule has 0 bridgehead atoms. The van der Waals surface area contributed by atoms with Crippen molar-refractivity contribution in [2.75, 3.05) is 19.0 Å². The third-order valence-corrected chi connectivity index (χ3v) is 5.64. The first-order valence-electron chi connectivity index (χ1n) is 8.24. The van der Waals surface area contributed by atoms with Crippen molar-refractivity contribution in [3.8, 4) is 5.75 Å². The van der Waals surface area contributed by atoms with Crippen LogP contribution in [0.3, 0.4) is 0 Å². The van der Waals surface area contributed by atoms with Gasteiger partial charge in [-0.2, -0.15) is 0 Å². The van der Waals surface area contributed by atoms with Crippen molar-refractivity contribution in [2.45, 2.75) is 32.1 Å². The highest BCUT2D eigenvalue weighted by Gasteiger charge is 2.19. The van der Waals surface area contributed by atoms with Gasteiger partial charge in [-0.1, -0.05) is 23.8 Å². The summed E-state index contributed by atoms with van der Waals surface area (Å²) in [6.45, 7) is 5.48. The molecule has 26 heavy (non-hydrogen) atoms. The van der Waals surface area contributed by atoms with Crippen LogP contribution < -0.4 is 14.8 Å². The Morgan fingerprint density at radius 3 is 2.35 bits per heavy atom. The van der Waals surface area contributed by atoms with E-state index in [0.29, 0.717) is 22.6 Å². The number of hydrogen-bond acceptors (Lipinski definition) is 4. The highest BCUT2D eigenvalue weighted by atomic mass is 32.2. The standard InChI is InChI=1S/C19H24N2O4S/c1-13-10-14(2)19(15(3)11-13)26(23,24)20-9-8-18(22)21-16-6-5-7-17(12-16)25-4/h5-7,10-12,20H,8-9H2,1-4H3,(H,21,22). The number of aryl methyl sites for hydroxylation is 3. The van der Waals surface area contributed by atoms with Crippen molar-refractivity contribution in [1.82, 2.24) is 4.72 Å². The van der Waals surface area contributed by atoms with Gasteiger partial charge in [0.15, 0.2) is 0 Å². The number of sulfonamides is 1. The Labute approximate surface area is 154 Å². The van der Waals surface area contributed by atoms with Crippen LogP contribution in [-0.4, -0.2) is 28.0 Å². The zero-order valence-corrected chi connectivity index (χ0v) is 16.2. The molecule has 6 nitrogen and oxygen atoms in total. The van der Waals surface area contributed by atoms with E-state index >= 15 is 0 Å². The number of methoxy groups -OCH3 is 1. The maximum atomic E-state index is 12.5. The summed E-state index contributed by atoms with van der Waals surface area (Å²) >= 11 is 0. The van der Waals surface area contributed by atoms with E-state index in [0.717, 1.165) is 5.56 Å². The van der Waals surface area contributed by atoms with Crippen LogP contribution in [-0.2, 0) is 14.8 Å². The van der Waals surface area contributed by atoms with Crippen LogP contribution in [0.15, 0.2) is 41.3 Å². The lowest BCUT2D eigenvalue weighted by Crippen LogP contribution is -2.29. The summed E-state index contributed by atoms with van der Waals surface area (Å²) in [6, 6.07) is 10.6. The quantitative estimate of drug-likeness (QED) is 0.778. The fourth-order valence-corrected chi connectivity index (χ4v) is 4.37. The molecule has 1 amide bonds. The minimum absolute atomic E-state index is 0.0187. The van der Waals surface area contributed by atoms with E-state index in [2.05, 4.69) is 10.0 Å². The molecule has 0 atom stereocenters. The molecule has 7 heteroatoms. The monoisotopic (exact) mass is 376 g/mol. The average molecular weight is 376 g/mol. The van der Waals surface area contributed by atoms with Gasteiger partial charge in [0.1, 0.15) is 5.75 Å². The lowest BCUT2D eigenvalue weighted by atomic mass is 10.1. The van der Waals surface area contributed by atoms with Gasteiger partial charge in [0.2, 0.25) is 15.9 Å². The van der Waals surface area contributed by atoms with E-state index in [9.17, 15) is 13.2 Å². The number of anilines is 1. The van der Waals surface area contributed by atoms with Crippen LogP contribution >= 0.6 is 0 Å². The minimum Gasteiger partial charge on any atom is -0.497 e. The molecule has 2 N–H and O–H groups in total. The molecule has 140 valence electrons. The first-order chi connectivity index (χ1) is 12.2. The van der Waals surface area contributed by atoms with Crippen LogP contribution in [0.5, 0.6) is 5.75 Å². The van der Waals surface area contributed by atoms with Gasteiger partial charge in [0.25, 0.3) is 0 Å². The summed E-state index contributed by atoms with van der Waals surface area (Å²) < 4.78 is 32.7. The molecule has 0 radical (unpaired) electrons. The molecule has 0 unspecified atom stereocenters. The van der Waals surface area contributed by atoms with Gasteiger partial charge in [0, 0.05) is 24.7 Å². The second-order valence-corrected chi connectivity index (χ2v) is 7.86. The van der Waals surface area contributed by atoms with Crippen LogP contribution in [0.2, 0.25) is 0 Å². The van der Waals surface area contributed by atoms with Crippen LogP contribution in [0, 0.1) is 20.8 Å². The maximum absolute atomic E-state index is 12.5. The fourth-order valence-electron chi connectivity index (χ4n) is 2.89. The maximum Gasteiger partial charge on any atom is 0.241 e. The number of rotatable bonds is 7. The van der Waals surface area contributed by atoms with Gasteiger partial charge in [-0.15, -0.1) is 0 Å². The molecule has 0 heterocycles. The molecule has 0 saturated heterocycles. The van der Waals surface area contributed by atoms with Gasteiger partial charge in [0.05, 0.1) is 12.0 Å². The first-order valence-corrected chi connectivity index (χ1v) is 9.72. The summed E-state index contributed by atoms with van der Waals surface area (Å²) in [5, 5.41) is 2.72. The summed E-state index contributed by atoms with van der Waals surface area (Å²) in [4.78, 5) is 12.3. The van der Waals surface area contributed by atoms with E-state index in [1.165, 1.54) is 0 Å². The zero-order valence-electron chi connectivity index (χ0n) is 15.4. The molecule has 0 aliphatic carbocycles. The van der Waals surface area contributed by atoms with E-state index < -0.39 is 10.0 Å². The first kappa shape index (κ1) is 19.9. The van der Waals surface area contributed by atoms with E-state index in [4.69, 9.17) is 4.74 Å². The fraction of sp³-hybridized carbons (Fsp3) is 0.316. The SMILES string of the molecule is COc1cccc(NC(=O)CCNS(=O)(=O)c2c(C)cc(C)cc2C)c1. The van der Waals surface area contributed by atoms with Crippen molar-refractivity contribution >= 4 is 21.6 Å². The molecule has 2 aromatic rings. The number of amides is 1. The van der Waals surface area contributed by atoms with Crippen molar-refractivity contribution in [2.24, 2.45) is 0 Å². The highest BCUT2D eigenvalue weighted by molar-refractivity contribution is 7.89. The summed E-state index contributed by atoms with van der Waals surface area (Å²) in [6.07, 6.45) is 0.0282. The van der Waals surface area contributed by atoms with Crippen molar-refractivity contribution < 1.29 is 17.9 Å². The zero-order chi connectivity index (χ0) is 19.3. The molecule has 0 aromatic heterocycles. The lowest BCUT2D eigenvalue weighted by molar-refractivity contribution is -0.116. The van der Waals surface area contributed by atoms with Gasteiger partial charge in [-0.3, -0.25) is 4.79 Å². The Morgan fingerprint density at radius 2 is 1.73 bits per heavy atom. The Bertz CT molecular complexity index is 885. The second kappa shape index (κ2) is 8.33. The number of hydrogen-bond donors (Lipinski definition) is 2. The van der Waals surface area contributed by atoms with Crippen LogP contribution in [0.4, 0.5) is 5.69 Å². The van der Waals surface area contributed by atoms with Gasteiger partial charge < -0.3 is 10.1 Å². The Morgan fingerprint density at radius 1 is 1.08 bits per heavy atom. The number of ether oxygens (including phenoxy) is 1. The van der Waals surface area contributed by atoms with Crippen molar-refractivity contribution in [3.05, 3.63) is 53.1 Å². The van der Waals surface area contributed by atoms with Crippen LogP contribution in [0.1, 0.15) is 23.1 Å². The molecule has 0 aliphatic heterocycles. The van der Waals surface area contributed by atoms with Gasteiger partial charge in [-0.25, -0.2) is 13.1 Å². The molecule has 0 spiro atoms. The van der Waals surface area contributed by atoms with Crippen molar-refractivity contribution in [3.63, 3.8) is 0 Å². The molecule has 0 saturated carbocycles. The average Bonchev–Trinajstić information content (AvgIpc) is 2.53. The Hall–Kier alpha value is -2.38. The summed E-state index contributed by atoms with van der Waals surface area (Å²) in [5.74, 6) is 0.354. The van der Waals surface area contributed by atoms with Crippen molar-refractivity contribution in [1.29, 1.82) is 0 Å². The van der Waals surface area contributed by atoms with E-state index in [1.807, 2.05) is 19.1 Å². The molecule has 2 rings (SSSR count). The third kappa shape index (κ3) is 5.06.